The maximum Gasteiger partial charge on any atom is 0.270 e. The Kier molecular flexibility index (Phi) is 7.14. The van der Waals surface area contributed by atoms with E-state index in [0.717, 1.165) is 31.7 Å². The molecule has 0 N–H and O–H groups in total. The Morgan fingerprint density at radius 2 is 1.85 bits per heavy atom. The number of nitrogens with zero attached hydrogens (tertiary/aromatic N) is 5. The van der Waals surface area contributed by atoms with Gasteiger partial charge in [-0.25, -0.2) is 0 Å². The second-order valence-corrected chi connectivity index (χ2v) is 10.4. The summed E-state index contributed by atoms with van der Waals surface area (Å²) in [5.41, 5.74) is 1.82. The third-order valence-corrected chi connectivity index (χ3v) is 7.95. The lowest BCUT2D eigenvalue weighted by Gasteiger charge is -2.36. The van der Waals surface area contributed by atoms with Gasteiger partial charge in [-0.2, -0.15) is 5.26 Å². The van der Waals surface area contributed by atoms with Gasteiger partial charge in [0, 0.05) is 43.8 Å². The minimum atomic E-state index is -0.336. The standard InChI is InChI=1S/C24H24ClN5O2S2/c1-15-17(21(28(3)22(31)18(15)13-26)29-10-8-27(2)9-11-29)12-20-23(32)30(24(33)34-20)14-16-6-4-5-7-19(16)25/h4-7,12H,8-11,14H2,1-3H3. The monoisotopic (exact) mass is 513 g/mol. The van der Waals surface area contributed by atoms with Crippen LogP contribution >= 0.6 is 35.6 Å². The predicted octanol–water partition coefficient (Wildman–Crippen LogP) is 3.37. The van der Waals surface area contributed by atoms with Crippen LogP contribution in [-0.2, 0) is 18.4 Å². The molecule has 2 fully saturated rings. The van der Waals surface area contributed by atoms with Crippen LogP contribution in [0.5, 0.6) is 0 Å². The fourth-order valence-electron chi connectivity index (χ4n) is 4.18. The summed E-state index contributed by atoms with van der Waals surface area (Å²) >= 11 is 13.0. The van der Waals surface area contributed by atoms with Crippen molar-refractivity contribution in [2.45, 2.75) is 13.5 Å². The molecule has 1 aromatic carbocycles. The quantitative estimate of drug-likeness (QED) is 0.458. The number of hydrogen-bond acceptors (Lipinski definition) is 7. The van der Waals surface area contributed by atoms with Crippen LogP contribution in [0, 0.1) is 18.3 Å². The number of piperazine rings is 1. The van der Waals surface area contributed by atoms with Crippen molar-refractivity contribution < 1.29 is 4.79 Å². The van der Waals surface area contributed by atoms with Crippen molar-refractivity contribution >= 4 is 57.7 Å². The predicted molar refractivity (Wildman–Crippen MR) is 141 cm³/mol. The molecule has 1 amide bonds. The van der Waals surface area contributed by atoms with Crippen LogP contribution in [0.15, 0.2) is 34.0 Å². The second kappa shape index (κ2) is 9.92. The van der Waals surface area contributed by atoms with Crippen molar-refractivity contribution in [2.75, 3.05) is 38.1 Å². The Labute approximate surface area is 213 Å². The van der Waals surface area contributed by atoms with E-state index >= 15 is 0 Å². The second-order valence-electron chi connectivity index (χ2n) is 8.36. The summed E-state index contributed by atoms with van der Waals surface area (Å²) in [6.45, 7) is 5.23. The molecule has 1 aromatic heterocycles. The topological polar surface area (TPSA) is 72.6 Å². The van der Waals surface area contributed by atoms with E-state index in [0.29, 0.717) is 31.2 Å². The summed E-state index contributed by atoms with van der Waals surface area (Å²) in [4.78, 5) is 32.6. The van der Waals surface area contributed by atoms with E-state index in [1.54, 1.807) is 26.1 Å². The molecule has 4 rings (SSSR count). The molecular formula is C24H24ClN5O2S2. The van der Waals surface area contributed by atoms with Crippen LogP contribution in [0.4, 0.5) is 5.82 Å². The number of amides is 1. The van der Waals surface area contributed by atoms with Crippen molar-refractivity contribution in [3.05, 3.63) is 66.8 Å². The first-order valence-corrected chi connectivity index (χ1v) is 12.4. The van der Waals surface area contributed by atoms with E-state index in [4.69, 9.17) is 23.8 Å². The Balaban J connectivity index is 1.77. The Morgan fingerprint density at radius 3 is 2.50 bits per heavy atom. The Bertz CT molecular complexity index is 1310. The van der Waals surface area contributed by atoms with Crippen LogP contribution in [-0.4, -0.2) is 57.8 Å². The van der Waals surface area contributed by atoms with E-state index in [1.807, 2.05) is 24.3 Å². The lowest BCUT2D eigenvalue weighted by Crippen LogP contribution is -2.46. The molecule has 2 saturated heterocycles. The molecule has 3 heterocycles. The number of carbonyl (C=O) groups excluding carboxylic acids is 1. The average Bonchev–Trinajstić information content (AvgIpc) is 3.07. The number of hydrogen-bond donors (Lipinski definition) is 0. The molecule has 0 radical (unpaired) electrons. The van der Waals surface area contributed by atoms with Gasteiger partial charge in [-0.1, -0.05) is 53.8 Å². The highest BCUT2D eigenvalue weighted by atomic mass is 35.5. The first-order chi connectivity index (χ1) is 16.2. The van der Waals surface area contributed by atoms with Crippen molar-refractivity contribution in [1.82, 2.24) is 14.4 Å². The molecule has 7 nitrogen and oxygen atoms in total. The highest BCUT2D eigenvalue weighted by molar-refractivity contribution is 8.26. The molecule has 10 heteroatoms. The van der Waals surface area contributed by atoms with Crippen LogP contribution in [0.2, 0.25) is 5.02 Å². The van der Waals surface area contributed by atoms with Crippen LogP contribution in [0.1, 0.15) is 22.3 Å². The van der Waals surface area contributed by atoms with E-state index in [1.165, 1.54) is 21.2 Å². The summed E-state index contributed by atoms with van der Waals surface area (Å²) in [6, 6.07) is 9.40. The SMILES string of the molecule is Cc1c(C=C2SC(=S)N(Cc3ccccc3Cl)C2=O)c(N2CCN(C)CC2)n(C)c(=O)c1C#N. The molecule has 34 heavy (non-hydrogen) atoms. The van der Waals surface area contributed by atoms with Crippen molar-refractivity contribution in [1.29, 1.82) is 5.26 Å². The molecule has 0 aliphatic carbocycles. The minimum absolute atomic E-state index is 0.0816. The number of thiocarbonyl (C=S) groups is 1. The number of nitriles is 1. The molecule has 0 atom stereocenters. The van der Waals surface area contributed by atoms with Gasteiger partial charge in [0.05, 0.1) is 11.4 Å². The molecule has 2 aromatic rings. The lowest BCUT2D eigenvalue weighted by molar-refractivity contribution is -0.122. The summed E-state index contributed by atoms with van der Waals surface area (Å²) in [5.74, 6) is 0.497. The summed E-state index contributed by atoms with van der Waals surface area (Å²) in [6.07, 6.45) is 1.77. The number of rotatable bonds is 4. The number of carbonyl (C=O) groups is 1. The summed E-state index contributed by atoms with van der Waals surface area (Å²) in [7, 11) is 3.74. The molecular weight excluding hydrogens is 490 g/mol. The fourth-order valence-corrected chi connectivity index (χ4v) is 5.61. The van der Waals surface area contributed by atoms with Gasteiger partial charge in [-0.05, 0) is 37.2 Å². The maximum atomic E-state index is 13.3. The zero-order chi connectivity index (χ0) is 24.6. The van der Waals surface area contributed by atoms with E-state index in [9.17, 15) is 14.9 Å². The van der Waals surface area contributed by atoms with Crippen LogP contribution < -0.4 is 10.5 Å². The number of benzene rings is 1. The van der Waals surface area contributed by atoms with Crippen molar-refractivity contribution in [2.24, 2.45) is 7.05 Å². The summed E-state index contributed by atoms with van der Waals surface area (Å²) < 4.78 is 1.97. The lowest BCUT2D eigenvalue weighted by atomic mass is 10.0. The van der Waals surface area contributed by atoms with Gasteiger partial charge >= 0.3 is 0 Å². The van der Waals surface area contributed by atoms with E-state index in [2.05, 4.69) is 16.8 Å². The zero-order valence-electron chi connectivity index (χ0n) is 19.2. The van der Waals surface area contributed by atoms with Gasteiger partial charge in [0.25, 0.3) is 11.5 Å². The number of aromatic nitrogens is 1. The Hall–Kier alpha value is -2.64. The van der Waals surface area contributed by atoms with Gasteiger partial charge in [-0.3, -0.25) is 19.1 Å². The number of thioether (sulfide) groups is 1. The minimum Gasteiger partial charge on any atom is -0.355 e. The van der Waals surface area contributed by atoms with E-state index < -0.39 is 0 Å². The van der Waals surface area contributed by atoms with Crippen molar-refractivity contribution in [3.63, 3.8) is 0 Å². The third-order valence-electron chi connectivity index (χ3n) is 6.21. The molecule has 2 aliphatic heterocycles. The largest absolute Gasteiger partial charge is 0.355 e. The third kappa shape index (κ3) is 4.51. The molecule has 0 bridgehead atoms. The molecule has 2 aliphatic rings. The van der Waals surface area contributed by atoms with Crippen LogP contribution in [0.3, 0.4) is 0 Å². The summed E-state index contributed by atoms with van der Waals surface area (Å²) in [5, 5.41) is 10.2. The smallest absolute Gasteiger partial charge is 0.270 e. The fraction of sp³-hybridized carbons (Fsp3) is 0.333. The van der Waals surface area contributed by atoms with Gasteiger partial charge in [0.1, 0.15) is 21.8 Å². The molecule has 0 saturated carbocycles. The maximum absolute atomic E-state index is 13.3. The van der Waals surface area contributed by atoms with Crippen molar-refractivity contribution in [3.8, 4) is 6.07 Å². The first-order valence-electron chi connectivity index (χ1n) is 10.8. The number of anilines is 1. The zero-order valence-corrected chi connectivity index (χ0v) is 21.6. The molecule has 0 unspecified atom stereocenters. The molecule has 176 valence electrons. The van der Waals surface area contributed by atoms with Gasteiger partial charge in [-0.15, -0.1) is 0 Å². The first kappa shape index (κ1) is 24.5. The van der Waals surface area contributed by atoms with E-state index in [-0.39, 0.29) is 23.6 Å². The van der Waals surface area contributed by atoms with Gasteiger partial charge in [0.15, 0.2) is 0 Å². The normalized spacial score (nSPS) is 18.1. The van der Waals surface area contributed by atoms with Crippen LogP contribution in [0.25, 0.3) is 6.08 Å². The molecule has 0 spiro atoms. The number of halogens is 1. The average molecular weight is 514 g/mol. The Morgan fingerprint density at radius 1 is 1.18 bits per heavy atom. The van der Waals surface area contributed by atoms with Gasteiger partial charge < -0.3 is 9.80 Å². The highest BCUT2D eigenvalue weighted by Crippen LogP contribution is 2.37. The number of likely N-dealkylation sites (N-methyl/N-ethyl adjacent to an activating group) is 1. The van der Waals surface area contributed by atoms with Gasteiger partial charge in [0.2, 0.25) is 0 Å². The number of pyridine rings is 1. The highest BCUT2D eigenvalue weighted by Gasteiger charge is 2.33.